The van der Waals surface area contributed by atoms with Gasteiger partial charge in [-0.15, -0.1) is 0 Å². The fraction of sp³-hybridized carbons (Fsp3) is 0.286. The van der Waals surface area contributed by atoms with E-state index in [-0.39, 0.29) is 12.0 Å². The second-order valence-electron chi connectivity index (χ2n) is 4.66. The third kappa shape index (κ3) is 2.41. The number of furan rings is 1. The molecular formula is C14H15BrN2O2. The van der Waals surface area contributed by atoms with Gasteiger partial charge in [-0.1, -0.05) is 18.2 Å². The Hall–Kier alpha value is -1.30. The molecule has 2 atom stereocenters. The zero-order valence-electron chi connectivity index (χ0n) is 10.3. The number of hydrogen-bond donors (Lipinski definition) is 2. The second kappa shape index (κ2) is 5.36. The molecule has 3 rings (SSSR count). The summed E-state index contributed by atoms with van der Waals surface area (Å²) in [4.78, 5) is 0. The molecule has 0 fully saturated rings. The number of halogens is 1. The van der Waals surface area contributed by atoms with E-state index in [0.717, 1.165) is 22.4 Å². The number of benzene rings is 1. The Bertz CT molecular complexity index is 570. The maximum atomic E-state index is 5.80. The second-order valence-corrected chi connectivity index (χ2v) is 5.51. The maximum absolute atomic E-state index is 5.80. The quantitative estimate of drug-likeness (QED) is 0.674. The van der Waals surface area contributed by atoms with E-state index in [2.05, 4.69) is 27.4 Å². The lowest BCUT2D eigenvalue weighted by Gasteiger charge is -2.30. The van der Waals surface area contributed by atoms with Crippen LogP contribution in [-0.2, 0) is 6.42 Å². The first-order valence-corrected chi connectivity index (χ1v) is 6.98. The first-order valence-electron chi connectivity index (χ1n) is 6.19. The highest BCUT2D eigenvalue weighted by atomic mass is 79.9. The van der Waals surface area contributed by atoms with Gasteiger partial charge >= 0.3 is 0 Å². The van der Waals surface area contributed by atoms with Crippen molar-refractivity contribution in [3.8, 4) is 5.75 Å². The van der Waals surface area contributed by atoms with Gasteiger partial charge in [-0.3, -0.25) is 5.84 Å². The number of hydrogen-bond acceptors (Lipinski definition) is 4. The van der Waals surface area contributed by atoms with Gasteiger partial charge in [0, 0.05) is 5.92 Å². The monoisotopic (exact) mass is 322 g/mol. The van der Waals surface area contributed by atoms with Crippen LogP contribution in [0.15, 0.2) is 45.5 Å². The zero-order valence-corrected chi connectivity index (χ0v) is 11.9. The summed E-state index contributed by atoms with van der Waals surface area (Å²) in [6.45, 7) is 0.624. The predicted molar refractivity (Wildman–Crippen MR) is 75.6 cm³/mol. The minimum atomic E-state index is -0.0715. The van der Waals surface area contributed by atoms with Crippen LogP contribution >= 0.6 is 15.9 Å². The standard InChI is InChI=1S/C14H15BrN2O2/c15-11-5-6-18-14(11)13(17-16)10-7-9-3-1-2-4-12(9)19-8-10/h1-6,10,13,17H,7-8,16H2. The van der Waals surface area contributed by atoms with Gasteiger partial charge in [0.05, 0.1) is 23.4 Å². The fourth-order valence-corrected chi connectivity index (χ4v) is 2.97. The fourth-order valence-electron chi connectivity index (χ4n) is 2.52. The van der Waals surface area contributed by atoms with Crippen LogP contribution < -0.4 is 16.0 Å². The third-order valence-electron chi connectivity index (χ3n) is 3.49. The minimum absolute atomic E-state index is 0.0715. The van der Waals surface area contributed by atoms with E-state index in [1.54, 1.807) is 6.26 Å². The Labute approximate surface area is 120 Å². The van der Waals surface area contributed by atoms with Crippen LogP contribution in [0.1, 0.15) is 17.4 Å². The Morgan fingerprint density at radius 1 is 1.32 bits per heavy atom. The van der Waals surface area contributed by atoms with Gasteiger partial charge in [0.1, 0.15) is 11.5 Å². The van der Waals surface area contributed by atoms with Crippen LogP contribution in [0.5, 0.6) is 5.75 Å². The Morgan fingerprint density at radius 2 is 2.16 bits per heavy atom. The largest absolute Gasteiger partial charge is 0.493 e. The van der Waals surface area contributed by atoms with Gasteiger partial charge in [0.15, 0.2) is 0 Å². The molecule has 1 aliphatic rings. The zero-order chi connectivity index (χ0) is 13.2. The highest BCUT2D eigenvalue weighted by Crippen LogP contribution is 2.35. The van der Waals surface area contributed by atoms with Crippen molar-refractivity contribution in [2.24, 2.45) is 11.8 Å². The van der Waals surface area contributed by atoms with Crippen molar-refractivity contribution in [1.29, 1.82) is 0 Å². The molecule has 0 aliphatic carbocycles. The SMILES string of the molecule is NNC(c1occc1Br)C1COc2ccccc2C1. The number of para-hydroxylation sites is 1. The van der Waals surface area contributed by atoms with E-state index in [0.29, 0.717) is 6.61 Å². The molecule has 3 N–H and O–H groups in total. The number of hydrazine groups is 1. The maximum Gasteiger partial charge on any atom is 0.136 e. The molecule has 2 unspecified atom stereocenters. The number of fused-ring (bicyclic) bond motifs is 1. The molecule has 2 heterocycles. The van der Waals surface area contributed by atoms with E-state index in [1.807, 2.05) is 24.3 Å². The third-order valence-corrected chi connectivity index (χ3v) is 4.14. The first kappa shape index (κ1) is 12.7. The van der Waals surface area contributed by atoms with Crippen molar-refractivity contribution >= 4 is 15.9 Å². The number of ether oxygens (including phenoxy) is 1. The molecule has 0 bridgehead atoms. The molecule has 0 saturated carbocycles. The van der Waals surface area contributed by atoms with Crippen molar-refractivity contribution in [2.45, 2.75) is 12.5 Å². The van der Waals surface area contributed by atoms with Crippen LogP contribution in [0.2, 0.25) is 0 Å². The van der Waals surface area contributed by atoms with Crippen molar-refractivity contribution in [2.75, 3.05) is 6.61 Å². The highest BCUT2D eigenvalue weighted by molar-refractivity contribution is 9.10. The first-order chi connectivity index (χ1) is 9.29. The van der Waals surface area contributed by atoms with Crippen molar-refractivity contribution in [3.05, 3.63) is 52.4 Å². The molecule has 0 spiro atoms. The molecule has 1 aromatic carbocycles. The average Bonchev–Trinajstić information content (AvgIpc) is 2.86. The van der Waals surface area contributed by atoms with Crippen LogP contribution in [0.3, 0.4) is 0 Å². The number of nitrogens with two attached hydrogens (primary N) is 1. The molecule has 2 aromatic rings. The summed E-state index contributed by atoms with van der Waals surface area (Å²) in [6.07, 6.45) is 2.57. The summed E-state index contributed by atoms with van der Waals surface area (Å²) >= 11 is 3.48. The van der Waals surface area contributed by atoms with E-state index in [9.17, 15) is 0 Å². The van der Waals surface area contributed by atoms with Crippen LogP contribution in [0.4, 0.5) is 0 Å². The van der Waals surface area contributed by atoms with Gasteiger partial charge in [0.25, 0.3) is 0 Å². The van der Waals surface area contributed by atoms with Crippen molar-refractivity contribution in [3.63, 3.8) is 0 Å². The van der Waals surface area contributed by atoms with Gasteiger partial charge in [-0.25, -0.2) is 5.43 Å². The summed E-state index contributed by atoms with van der Waals surface area (Å²) in [6, 6.07) is 9.90. The lowest BCUT2D eigenvalue weighted by atomic mass is 9.89. The summed E-state index contributed by atoms with van der Waals surface area (Å²) in [7, 11) is 0. The van der Waals surface area contributed by atoms with Gasteiger partial charge in [-0.2, -0.15) is 0 Å². The molecule has 0 saturated heterocycles. The Kier molecular flexibility index (Phi) is 3.59. The van der Waals surface area contributed by atoms with Crippen molar-refractivity contribution < 1.29 is 9.15 Å². The van der Waals surface area contributed by atoms with E-state index in [1.165, 1.54) is 5.56 Å². The van der Waals surface area contributed by atoms with Gasteiger partial charge in [0.2, 0.25) is 0 Å². The molecule has 1 aromatic heterocycles. The molecule has 19 heavy (non-hydrogen) atoms. The normalized spacial score (nSPS) is 19.6. The molecule has 0 amide bonds. The predicted octanol–water partition coefficient (Wildman–Crippen LogP) is 2.80. The molecule has 100 valence electrons. The topological polar surface area (TPSA) is 60.4 Å². The lowest BCUT2D eigenvalue weighted by molar-refractivity contribution is 0.173. The van der Waals surface area contributed by atoms with E-state index >= 15 is 0 Å². The molecule has 4 nitrogen and oxygen atoms in total. The summed E-state index contributed by atoms with van der Waals surface area (Å²) in [5.74, 6) is 7.72. The molecule has 5 heteroatoms. The van der Waals surface area contributed by atoms with Crippen LogP contribution in [0, 0.1) is 5.92 Å². The van der Waals surface area contributed by atoms with Gasteiger partial charge < -0.3 is 9.15 Å². The molecular weight excluding hydrogens is 308 g/mol. The Morgan fingerprint density at radius 3 is 2.89 bits per heavy atom. The van der Waals surface area contributed by atoms with Crippen LogP contribution in [0.25, 0.3) is 0 Å². The number of rotatable bonds is 3. The smallest absolute Gasteiger partial charge is 0.136 e. The Balaban J connectivity index is 1.85. The van der Waals surface area contributed by atoms with Crippen LogP contribution in [-0.4, -0.2) is 6.61 Å². The molecule has 0 radical (unpaired) electrons. The van der Waals surface area contributed by atoms with Crippen molar-refractivity contribution in [1.82, 2.24) is 5.43 Å². The average molecular weight is 323 g/mol. The number of nitrogens with one attached hydrogen (secondary N) is 1. The minimum Gasteiger partial charge on any atom is -0.493 e. The van der Waals surface area contributed by atoms with E-state index < -0.39 is 0 Å². The van der Waals surface area contributed by atoms with Gasteiger partial charge in [-0.05, 0) is 40.0 Å². The summed E-state index contributed by atoms with van der Waals surface area (Å²) in [5, 5.41) is 0. The lowest BCUT2D eigenvalue weighted by Crippen LogP contribution is -2.38. The molecule has 1 aliphatic heterocycles. The van der Waals surface area contributed by atoms with E-state index in [4.69, 9.17) is 15.0 Å². The summed E-state index contributed by atoms with van der Waals surface area (Å²) < 4.78 is 12.2. The highest BCUT2D eigenvalue weighted by Gasteiger charge is 2.30. The summed E-state index contributed by atoms with van der Waals surface area (Å²) in [5.41, 5.74) is 4.05.